The van der Waals surface area contributed by atoms with Crippen LogP contribution in [0.4, 0.5) is 0 Å². The first-order chi connectivity index (χ1) is 8.03. The summed E-state index contributed by atoms with van der Waals surface area (Å²) in [6.07, 6.45) is 1.63. The second kappa shape index (κ2) is 4.13. The fourth-order valence-electron chi connectivity index (χ4n) is 2.23. The molecule has 1 heterocycles. The number of nitrogens with zero attached hydrogens (tertiary/aromatic N) is 3. The van der Waals surface area contributed by atoms with Gasteiger partial charge in [-0.25, -0.2) is 0 Å². The van der Waals surface area contributed by atoms with Gasteiger partial charge in [0.1, 0.15) is 11.2 Å². The van der Waals surface area contributed by atoms with E-state index < -0.39 is 5.41 Å². The van der Waals surface area contributed by atoms with Crippen LogP contribution >= 0.6 is 0 Å². The van der Waals surface area contributed by atoms with E-state index in [1.54, 1.807) is 0 Å². The minimum absolute atomic E-state index is 0.158. The van der Waals surface area contributed by atoms with Crippen LogP contribution in [-0.2, 0) is 14.9 Å². The zero-order valence-electron chi connectivity index (χ0n) is 10.9. The maximum Gasteiger partial charge on any atom is 0.319 e. The molecule has 0 bridgehead atoms. The number of aryl methyl sites for hydroxylation is 1. The van der Waals surface area contributed by atoms with Crippen molar-refractivity contribution in [2.75, 3.05) is 6.61 Å². The second-order valence-electron chi connectivity index (χ2n) is 4.84. The number of aromatic nitrogens is 3. The Morgan fingerprint density at radius 3 is 2.59 bits per heavy atom. The number of carbonyl (C=O) groups is 1. The molecule has 0 amide bonds. The molecular weight excluding hydrogens is 218 g/mol. The number of ether oxygens (including phenoxy) is 1. The van der Waals surface area contributed by atoms with Gasteiger partial charge in [0.15, 0.2) is 5.82 Å². The molecule has 0 saturated heterocycles. The Kier molecular flexibility index (Phi) is 2.93. The lowest BCUT2D eigenvalue weighted by Gasteiger charge is -2.18. The largest absolute Gasteiger partial charge is 0.465 e. The van der Waals surface area contributed by atoms with Crippen molar-refractivity contribution in [2.45, 2.75) is 52.0 Å². The van der Waals surface area contributed by atoms with Crippen LogP contribution in [0.25, 0.3) is 0 Å². The lowest BCUT2D eigenvalue weighted by molar-refractivity contribution is -0.146. The third kappa shape index (κ3) is 1.83. The van der Waals surface area contributed by atoms with Gasteiger partial charge in [0.05, 0.1) is 6.61 Å². The highest BCUT2D eigenvalue weighted by molar-refractivity contribution is 5.85. The van der Waals surface area contributed by atoms with E-state index in [-0.39, 0.29) is 12.0 Å². The smallest absolute Gasteiger partial charge is 0.319 e. The van der Waals surface area contributed by atoms with Gasteiger partial charge < -0.3 is 9.30 Å². The first-order valence-corrected chi connectivity index (χ1v) is 6.12. The molecule has 1 saturated carbocycles. The van der Waals surface area contributed by atoms with E-state index >= 15 is 0 Å². The van der Waals surface area contributed by atoms with Gasteiger partial charge in [0.2, 0.25) is 0 Å². The normalized spacial score (nSPS) is 17.2. The Bertz CT molecular complexity index is 433. The highest BCUT2D eigenvalue weighted by atomic mass is 16.5. The van der Waals surface area contributed by atoms with Crippen molar-refractivity contribution in [3.63, 3.8) is 0 Å². The average Bonchev–Trinajstić information content (AvgIpc) is 2.97. The Morgan fingerprint density at radius 1 is 1.47 bits per heavy atom. The average molecular weight is 237 g/mol. The first kappa shape index (κ1) is 12.1. The molecule has 1 aromatic heterocycles. The Labute approximate surface area is 101 Å². The molecule has 2 rings (SSSR count). The molecule has 94 valence electrons. The number of carbonyl (C=O) groups excluding carboxylic acids is 1. The molecule has 0 unspecified atom stereocenters. The molecule has 5 heteroatoms. The minimum Gasteiger partial charge on any atom is -0.465 e. The summed E-state index contributed by atoms with van der Waals surface area (Å²) in [5, 5.41) is 8.28. The monoisotopic (exact) mass is 237 g/mol. The van der Waals surface area contributed by atoms with E-state index in [2.05, 4.69) is 24.0 Å². The molecular formula is C12H19N3O2. The highest BCUT2D eigenvalue weighted by Gasteiger charge is 2.56. The summed E-state index contributed by atoms with van der Waals surface area (Å²) in [5.74, 6) is 1.46. The number of hydrogen-bond acceptors (Lipinski definition) is 4. The van der Waals surface area contributed by atoms with Gasteiger partial charge in [-0.2, -0.15) is 0 Å². The number of rotatable bonds is 4. The van der Waals surface area contributed by atoms with Gasteiger partial charge in [0, 0.05) is 6.04 Å². The maximum atomic E-state index is 12.0. The van der Waals surface area contributed by atoms with E-state index in [1.165, 1.54) is 0 Å². The molecule has 0 aliphatic heterocycles. The summed E-state index contributed by atoms with van der Waals surface area (Å²) >= 11 is 0. The summed E-state index contributed by atoms with van der Waals surface area (Å²) < 4.78 is 7.18. The fourth-order valence-corrected chi connectivity index (χ4v) is 2.23. The lowest BCUT2D eigenvalue weighted by atomic mass is 10.1. The van der Waals surface area contributed by atoms with Crippen molar-refractivity contribution in [3.05, 3.63) is 11.6 Å². The van der Waals surface area contributed by atoms with Gasteiger partial charge >= 0.3 is 5.97 Å². The predicted molar refractivity (Wildman–Crippen MR) is 62.7 cm³/mol. The maximum absolute atomic E-state index is 12.0. The van der Waals surface area contributed by atoms with Gasteiger partial charge in [0.25, 0.3) is 0 Å². The molecule has 0 aromatic carbocycles. The standard InChI is InChI=1S/C12H19N3O2/c1-5-17-11(16)12(6-7-12)10-14-13-9(4)15(10)8(2)3/h8H,5-7H2,1-4H3. The number of hydrogen-bond donors (Lipinski definition) is 0. The molecule has 1 fully saturated rings. The third-order valence-corrected chi connectivity index (χ3v) is 3.23. The van der Waals surface area contributed by atoms with Crippen LogP contribution in [-0.4, -0.2) is 27.3 Å². The zero-order chi connectivity index (χ0) is 12.6. The predicted octanol–water partition coefficient (Wildman–Crippen LogP) is 1.76. The molecule has 0 atom stereocenters. The second-order valence-corrected chi connectivity index (χ2v) is 4.84. The Balaban J connectivity index is 2.37. The van der Waals surface area contributed by atoms with E-state index in [0.29, 0.717) is 6.61 Å². The van der Waals surface area contributed by atoms with Crippen LogP contribution in [0.1, 0.15) is 51.3 Å². The molecule has 1 aliphatic carbocycles. The SMILES string of the molecule is CCOC(=O)C1(c2nnc(C)n2C(C)C)CC1. The van der Waals surface area contributed by atoms with E-state index in [4.69, 9.17) is 4.74 Å². The molecule has 0 N–H and O–H groups in total. The van der Waals surface area contributed by atoms with Crippen molar-refractivity contribution in [3.8, 4) is 0 Å². The minimum atomic E-state index is -0.526. The van der Waals surface area contributed by atoms with Crippen molar-refractivity contribution >= 4 is 5.97 Å². The lowest BCUT2D eigenvalue weighted by Crippen LogP contribution is -2.28. The van der Waals surface area contributed by atoms with Crippen molar-refractivity contribution in [1.82, 2.24) is 14.8 Å². The highest BCUT2D eigenvalue weighted by Crippen LogP contribution is 2.49. The summed E-state index contributed by atoms with van der Waals surface area (Å²) in [4.78, 5) is 12.0. The molecule has 0 radical (unpaired) electrons. The molecule has 1 aliphatic rings. The van der Waals surface area contributed by atoms with E-state index in [1.807, 2.05) is 18.4 Å². The van der Waals surface area contributed by atoms with E-state index in [9.17, 15) is 4.79 Å². The molecule has 0 spiro atoms. The van der Waals surface area contributed by atoms with Gasteiger partial charge in [-0.15, -0.1) is 10.2 Å². The quantitative estimate of drug-likeness (QED) is 0.749. The molecule has 5 nitrogen and oxygen atoms in total. The van der Waals surface area contributed by atoms with E-state index in [0.717, 1.165) is 24.5 Å². The van der Waals surface area contributed by atoms with Crippen molar-refractivity contribution < 1.29 is 9.53 Å². The summed E-state index contributed by atoms with van der Waals surface area (Å²) in [7, 11) is 0. The molecule has 1 aromatic rings. The summed E-state index contributed by atoms with van der Waals surface area (Å²) in [6.45, 7) is 8.29. The van der Waals surface area contributed by atoms with Crippen molar-refractivity contribution in [1.29, 1.82) is 0 Å². The zero-order valence-corrected chi connectivity index (χ0v) is 10.9. The summed E-state index contributed by atoms with van der Waals surface area (Å²) in [5.41, 5.74) is -0.526. The Hall–Kier alpha value is -1.39. The topological polar surface area (TPSA) is 57.0 Å². The molecule has 17 heavy (non-hydrogen) atoms. The van der Waals surface area contributed by atoms with Gasteiger partial charge in [-0.05, 0) is 40.5 Å². The van der Waals surface area contributed by atoms with Crippen molar-refractivity contribution in [2.24, 2.45) is 0 Å². The number of esters is 1. The van der Waals surface area contributed by atoms with Crippen LogP contribution < -0.4 is 0 Å². The first-order valence-electron chi connectivity index (χ1n) is 6.12. The van der Waals surface area contributed by atoms with Crippen LogP contribution in [0.5, 0.6) is 0 Å². The van der Waals surface area contributed by atoms with Crippen LogP contribution in [0.3, 0.4) is 0 Å². The van der Waals surface area contributed by atoms with Gasteiger partial charge in [-0.3, -0.25) is 4.79 Å². The van der Waals surface area contributed by atoms with Gasteiger partial charge in [-0.1, -0.05) is 0 Å². The summed E-state index contributed by atoms with van der Waals surface area (Å²) in [6, 6.07) is 0.256. The third-order valence-electron chi connectivity index (χ3n) is 3.23. The van der Waals surface area contributed by atoms with Crippen LogP contribution in [0, 0.1) is 6.92 Å². The van der Waals surface area contributed by atoms with Crippen LogP contribution in [0.2, 0.25) is 0 Å². The fraction of sp³-hybridized carbons (Fsp3) is 0.750. The Morgan fingerprint density at radius 2 is 2.12 bits per heavy atom. The van der Waals surface area contributed by atoms with Crippen LogP contribution in [0.15, 0.2) is 0 Å².